The molecule has 1 aliphatic rings. The number of carbonyl (C=O) groups excluding carboxylic acids is 1. The molecule has 0 aromatic heterocycles. The Morgan fingerprint density at radius 3 is 2.50 bits per heavy atom. The van der Waals surface area contributed by atoms with Gasteiger partial charge in [0.2, 0.25) is 0 Å². The molecule has 1 aliphatic heterocycles. The van der Waals surface area contributed by atoms with Crippen LogP contribution in [-0.4, -0.2) is 17.1 Å². The van der Waals surface area contributed by atoms with Crippen molar-refractivity contribution in [2.75, 3.05) is 0 Å². The number of hydrogen-bond acceptors (Lipinski definition) is 2. The highest BCUT2D eigenvalue weighted by Crippen LogP contribution is 2.35. The lowest BCUT2D eigenvalue weighted by Gasteiger charge is -2.24. The fourth-order valence-electron chi connectivity index (χ4n) is 1.87. The van der Waals surface area contributed by atoms with E-state index in [1.54, 1.807) is 0 Å². The average Bonchev–Trinajstić information content (AvgIpc) is 2.37. The van der Waals surface area contributed by atoms with E-state index in [0.29, 0.717) is 0 Å². The number of carbonyl (C=O) groups is 2. The van der Waals surface area contributed by atoms with Crippen LogP contribution in [0, 0.1) is 0 Å². The molecule has 8 heteroatoms. The Bertz CT molecular complexity index is 596. The fourth-order valence-corrected chi connectivity index (χ4v) is 1.87. The van der Waals surface area contributed by atoms with Crippen LogP contribution >= 0.6 is 0 Å². The van der Waals surface area contributed by atoms with E-state index in [1.807, 2.05) is 5.32 Å². The molecule has 0 unspecified atom stereocenters. The third-order valence-electron chi connectivity index (χ3n) is 2.70. The molecule has 0 radical (unpaired) electrons. The molecule has 1 aromatic rings. The number of hydrogen-bond donors (Lipinski definition) is 3. The Labute approximate surface area is 111 Å². The summed E-state index contributed by atoms with van der Waals surface area (Å²) in [6, 6.07) is 2.64. The summed E-state index contributed by atoms with van der Waals surface area (Å²) in [4.78, 5) is 22.1. The molecule has 0 spiro atoms. The topological polar surface area (TPSA) is 78.4 Å². The summed E-state index contributed by atoms with van der Waals surface area (Å²) in [5.74, 6) is -1.42. The fraction of sp³-hybridized carbons (Fsp3) is 0.167. The van der Waals surface area contributed by atoms with Gasteiger partial charge in [-0.15, -0.1) is 0 Å². The first-order valence-corrected chi connectivity index (χ1v) is 5.48. The lowest BCUT2D eigenvalue weighted by atomic mass is 9.98. The minimum atomic E-state index is -4.59. The molecule has 0 saturated carbocycles. The monoisotopic (exact) mass is 286 g/mol. The van der Waals surface area contributed by atoms with Crippen LogP contribution in [0.5, 0.6) is 0 Å². The minimum absolute atomic E-state index is 0.214. The van der Waals surface area contributed by atoms with Gasteiger partial charge in [-0.3, -0.25) is 0 Å². The number of carboxylic acid groups (broad SMARTS) is 1. The predicted octanol–water partition coefficient (Wildman–Crippen LogP) is 2.03. The molecule has 0 bridgehead atoms. The largest absolute Gasteiger partial charge is 0.477 e. The minimum Gasteiger partial charge on any atom is -0.477 e. The molecule has 5 nitrogen and oxygen atoms in total. The number of alkyl halides is 3. The molecule has 20 heavy (non-hydrogen) atoms. The summed E-state index contributed by atoms with van der Waals surface area (Å²) in [6.45, 7) is 0. The second kappa shape index (κ2) is 4.87. The number of halogens is 3. The van der Waals surface area contributed by atoms with Crippen molar-refractivity contribution >= 4 is 12.0 Å². The smallest absolute Gasteiger partial charge is 0.416 e. The number of rotatable bonds is 2. The molecule has 106 valence electrons. The Morgan fingerprint density at radius 1 is 1.25 bits per heavy atom. The third kappa shape index (κ3) is 2.73. The summed E-state index contributed by atoms with van der Waals surface area (Å²) >= 11 is 0. The third-order valence-corrected chi connectivity index (χ3v) is 2.70. The van der Waals surface area contributed by atoms with Crippen molar-refractivity contribution in [1.29, 1.82) is 0 Å². The zero-order valence-corrected chi connectivity index (χ0v) is 9.86. The number of amides is 2. The van der Waals surface area contributed by atoms with Crippen molar-refractivity contribution in [2.45, 2.75) is 12.2 Å². The van der Waals surface area contributed by atoms with E-state index in [-0.39, 0.29) is 5.56 Å². The van der Waals surface area contributed by atoms with Gasteiger partial charge >= 0.3 is 18.2 Å². The van der Waals surface area contributed by atoms with Crippen molar-refractivity contribution in [2.24, 2.45) is 0 Å². The van der Waals surface area contributed by atoms with Gasteiger partial charge in [-0.2, -0.15) is 13.2 Å². The van der Waals surface area contributed by atoms with Crippen LogP contribution in [0.15, 0.2) is 36.0 Å². The Morgan fingerprint density at radius 2 is 1.90 bits per heavy atom. The summed E-state index contributed by atoms with van der Waals surface area (Å²) in [6.07, 6.45) is -3.57. The Kier molecular flexibility index (Phi) is 3.39. The van der Waals surface area contributed by atoms with E-state index in [0.717, 1.165) is 12.1 Å². The molecule has 0 fully saturated rings. The maximum absolute atomic E-state index is 12.9. The predicted molar refractivity (Wildman–Crippen MR) is 61.6 cm³/mol. The second-order valence-electron chi connectivity index (χ2n) is 4.05. The van der Waals surface area contributed by atoms with E-state index in [2.05, 4.69) is 5.32 Å². The summed E-state index contributed by atoms with van der Waals surface area (Å²) in [7, 11) is 0. The van der Waals surface area contributed by atoms with Crippen LogP contribution in [0.3, 0.4) is 0 Å². The van der Waals surface area contributed by atoms with Gasteiger partial charge < -0.3 is 15.7 Å². The number of nitrogens with one attached hydrogen (secondary N) is 2. The van der Waals surface area contributed by atoms with Crippen molar-refractivity contribution in [1.82, 2.24) is 10.6 Å². The molecule has 0 aliphatic carbocycles. The van der Waals surface area contributed by atoms with Gasteiger partial charge in [-0.1, -0.05) is 18.2 Å². The van der Waals surface area contributed by atoms with Gasteiger partial charge in [0.1, 0.15) is 5.70 Å². The first-order chi connectivity index (χ1) is 9.29. The van der Waals surface area contributed by atoms with E-state index in [4.69, 9.17) is 5.11 Å². The Balaban J connectivity index is 2.49. The van der Waals surface area contributed by atoms with Crippen molar-refractivity contribution in [3.05, 3.63) is 47.2 Å². The molecule has 1 aromatic carbocycles. The molecular formula is C12H9F3N2O3. The molecular weight excluding hydrogens is 277 g/mol. The normalized spacial score (nSPS) is 18.9. The van der Waals surface area contributed by atoms with Crippen LogP contribution in [0.4, 0.5) is 18.0 Å². The molecule has 1 atom stereocenters. The van der Waals surface area contributed by atoms with Crippen LogP contribution < -0.4 is 10.6 Å². The van der Waals surface area contributed by atoms with E-state index in [1.165, 1.54) is 18.2 Å². The average molecular weight is 286 g/mol. The zero-order valence-electron chi connectivity index (χ0n) is 9.86. The molecule has 1 heterocycles. The van der Waals surface area contributed by atoms with E-state index in [9.17, 15) is 22.8 Å². The maximum atomic E-state index is 12.9. The summed E-state index contributed by atoms with van der Waals surface area (Å²) < 4.78 is 38.7. The summed E-state index contributed by atoms with van der Waals surface area (Å²) in [5.41, 5.74) is -1.60. The quantitative estimate of drug-likeness (QED) is 0.778. The van der Waals surface area contributed by atoms with E-state index < -0.39 is 35.5 Å². The highest BCUT2D eigenvalue weighted by Gasteiger charge is 2.36. The van der Waals surface area contributed by atoms with Gasteiger partial charge in [-0.05, 0) is 17.7 Å². The van der Waals surface area contributed by atoms with Crippen molar-refractivity contribution < 1.29 is 27.9 Å². The van der Waals surface area contributed by atoms with Gasteiger partial charge in [0.25, 0.3) is 0 Å². The molecule has 2 rings (SSSR count). The first kappa shape index (κ1) is 13.9. The zero-order chi connectivity index (χ0) is 14.9. The molecule has 2 amide bonds. The van der Waals surface area contributed by atoms with Crippen LogP contribution in [0.25, 0.3) is 0 Å². The van der Waals surface area contributed by atoms with Crippen LogP contribution in [0.1, 0.15) is 17.2 Å². The number of benzene rings is 1. The standard InChI is InChI=1S/C12H9F3N2O3/c13-12(14,15)7-4-2-1-3-6(7)8-5-9(10(18)19)17-11(20)16-8/h1-5,8H,(H,18,19)(H2,16,17,20)/t8-/m1/s1. The highest BCUT2D eigenvalue weighted by atomic mass is 19.4. The second-order valence-corrected chi connectivity index (χ2v) is 4.05. The lowest BCUT2D eigenvalue weighted by molar-refractivity contribution is -0.138. The van der Waals surface area contributed by atoms with Crippen molar-refractivity contribution in [3.63, 3.8) is 0 Å². The first-order valence-electron chi connectivity index (χ1n) is 5.48. The Hall–Kier alpha value is -2.51. The van der Waals surface area contributed by atoms with Gasteiger partial charge in [0.15, 0.2) is 0 Å². The summed E-state index contributed by atoms with van der Waals surface area (Å²) in [5, 5.41) is 13.1. The maximum Gasteiger partial charge on any atom is 0.416 e. The molecule has 3 N–H and O–H groups in total. The lowest BCUT2D eigenvalue weighted by Crippen LogP contribution is -2.43. The van der Waals surface area contributed by atoms with Gasteiger partial charge in [-0.25, -0.2) is 9.59 Å². The van der Waals surface area contributed by atoms with Gasteiger partial charge in [0, 0.05) is 0 Å². The van der Waals surface area contributed by atoms with E-state index >= 15 is 0 Å². The van der Waals surface area contributed by atoms with Crippen LogP contribution in [-0.2, 0) is 11.0 Å². The highest BCUT2D eigenvalue weighted by molar-refractivity contribution is 5.93. The molecule has 0 saturated heterocycles. The SMILES string of the molecule is O=C1NC(C(=O)O)=C[C@H](c2ccccc2C(F)(F)F)N1. The van der Waals surface area contributed by atoms with Crippen LogP contribution in [0.2, 0.25) is 0 Å². The van der Waals surface area contributed by atoms with Crippen molar-refractivity contribution in [3.8, 4) is 0 Å². The number of aliphatic carboxylic acids is 1. The number of carboxylic acids is 1. The van der Waals surface area contributed by atoms with Gasteiger partial charge in [0.05, 0.1) is 11.6 Å². The number of urea groups is 1.